The second kappa shape index (κ2) is 7.61. The van der Waals surface area contributed by atoms with E-state index in [4.69, 9.17) is 10.5 Å². The van der Waals surface area contributed by atoms with E-state index in [9.17, 15) is 5.11 Å². The van der Waals surface area contributed by atoms with E-state index >= 15 is 0 Å². The van der Waals surface area contributed by atoms with E-state index in [1.54, 1.807) is 6.20 Å². The summed E-state index contributed by atoms with van der Waals surface area (Å²) in [6.45, 7) is 4.56. The molecule has 0 bridgehead atoms. The lowest BCUT2D eigenvalue weighted by atomic mass is 10.2. The van der Waals surface area contributed by atoms with Gasteiger partial charge >= 0.3 is 0 Å². The van der Waals surface area contributed by atoms with Crippen LogP contribution >= 0.6 is 0 Å². The van der Waals surface area contributed by atoms with Gasteiger partial charge < -0.3 is 20.9 Å². The molecule has 4 N–H and O–H groups in total. The molecule has 0 unspecified atom stereocenters. The predicted octanol–water partition coefficient (Wildman–Crippen LogP) is 1.78. The highest BCUT2D eigenvalue weighted by Gasteiger charge is 2.09. The van der Waals surface area contributed by atoms with E-state index in [1.165, 1.54) is 5.56 Å². The Hall–Kier alpha value is -2.34. The van der Waals surface area contributed by atoms with Crippen molar-refractivity contribution in [3.63, 3.8) is 0 Å². The smallest absolute Gasteiger partial charge is 0.221 e. The fourth-order valence-electron chi connectivity index (χ4n) is 1.93. The van der Waals surface area contributed by atoms with Crippen LogP contribution in [0.15, 0.2) is 30.5 Å². The Morgan fingerprint density at radius 3 is 2.73 bits per heavy atom. The van der Waals surface area contributed by atoms with Gasteiger partial charge in [0.15, 0.2) is 0 Å². The number of nitrogens with one attached hydrogen (secondary N) is 1. The summed E-state index contributed by atoms with van der Waals surface area (Å²) in [7, 11) is 0. The molecule has 6 nitrogen and oxygen atoms in total. The summed E-state index contributed by atoms with van der Waals surface area (Å²) in [4.78, 5) is 8.11. The Morgan fingerprint density at radius 1 is 1.32 bits per heavy atom. The summed E-state index contributed by atoms with van der Waals surface area (Å²) < 4.78 is 5.54. The summed E-state index contributed by atoms with van der Waals surface area (Å²) in [5.41, 5.74) is 7.71. The molecule has 0 aliphatic rings. The molecule has 0 fully saturated rings. The van der Waals surface area contributed by atoms with Crippen LogP contribution in [0.2, 0.25) is 0 Å². The zero-order valence-corrected chi connectivity index (χ0v) is 12.9. The first-order valence-electron chi connectivity index (χ1n) is 7.31. The van der Waals surface area contributed by atoms with Gasteiger partial charge in [-0.25, -0.2) is 4.98 Å². The van der Waals surface area contributed by atoms with E-state index in [1.807, 2.05) is 38.1 Å². The van der Waals surface area contributed by atoms with Crippen molar-refractivity contribution in [1.82, 2.24) is 9.97 Å². The molecule has 0 saturated heterocycles. The highest BCUT2D eigenvalue weighted by molar-refractivity contribution is 5.46. The summed E-state index contributed by atoms with van der Waals surface area (Å²) in [6, 6.07) is 7.71. The molecular weight excluding hydrogens is 280 g/mol. The lowest BCUT2D eigenvalue weighted by Crippen LogP contribution is -2.27. The minimum atomic E-state index is -0.651. The molecule has 118 valence electrons. The topological polar surface area (TPSA) is 93.3 Å². The third kappa shape index (κ3) is 4.60. The predicted molar refractivity (Wildman–Crippen MR) is 87.0 cm³/mol. The van der Waals surface area contributed by atoms with Crippen molar-refractivity contribution < 1.29 is 9.84 Å². The van der Waals surface area contributed by atoms with Crippen molar-refractivity contribution in [1.29, 1.82) is 0 Å². The van der Waals surface area contributed by atoms with Crippen molar-refractivity contribution >= 4 is 11.8 Å². The molecule has 6 heteroatoms. The highest BCUT2D eigenvalue weighted by atomic mass is 16.5. The van der Waals surface area contributed by atoms with Crippen molar-refractivity contribution in [3.8, 4) is 5.75 Å². The van der Waals surface area contributed by atoms with Gasteiger partial charge in [-0.1, -0.05) is 24.6 Å². The normalized spacial score (nSPS) is 12.0. The summed E-state index contributed by atoms with van der Waals surface area (Å²) in [5, 5.41) is 13.1. The van der Waals surface area contributed by atoms with Crippen LogP contribution in [0.3, 0.4) is 0 Å². The van der Waals surface area contributed by atoms with Crippen LogP contribution in [0.1, 0.15) is 18.1 Å². The van der Waals surface area contributed by atoms with Gasteiger partial charge in [0, 0.05) is 18.3 Å². The SMILES string of the molecule is CCc1cnc(N)nc1NC[C@@H](O)COc1ccc(C)cc1. The van der Waals surface area contributed by atoms with Crippen LogP contribution in [0.25, 0.3) is 0 Å². The maximum Gasteiger partial charge on any atom is 0.221 e. The van der Waals surface area contributed by atoms with E-state index in [-0.39, 0.29) is 12.6 Å². The number of nitrogen functional groups attached to an aromatic ring is 1. The minimum absolute atomic E-state index is 0.206. The number of aryl methyl sites for hydroxylation is 2. The van der Waals surface area contributed by atoms with E-state index in [0.29, 0.717) is 12.4 Å². The lowest BCUT2D eigenvalue weighted by molar-refractivity contribution is 0.117. The number of aromatic nitrogens is 2. The molecule has 0 aliphatic carbocycles. The molecule has 22 heavy (non-hydrogen) atoms. The molecule has 2 aromatic rings. The Kier molecular flexibility index (Phi) is 5.55. The first-order chi connectivity index (χ1) is 10.6. The fraction of sp³-hybridized carbons (Fsp3) is 0.375. The van der Waals surface area contributed by atoms with Crippen molar-refractivity contribution in [3.05, 3.63) is 41.6 Å². The third-order valence-corrected chi connectivity index (χ3v) is 3.23. The Morgan fingerprint density at radius 2 is 2.05 bits per heavy atom. The molecule has 0 radical (unpaired) electrons. The fourth-order valence-corrected chi connectivity index (χ4v) is 1.93. The Labute approximate surface area is 130 Å². The van der Waals surface area contributed by atoms with Crippen LogP contribution in [0.5, 0.6) is 5.75 Å². The van der Waals surface area contributed by atoms with Gasteiger partial charge in [0.1, 0.15) is 24.3 Å². The summed E-state index contributed by atoms with van der Waals surface area (Å²) in [6.07, 6.45) is 1.83. The summed E-state index contributed by atoms with van der Waals surface area (Å²) in [5.74, 6) is 1.61. The molecular formula is C16H22N4O2. The van der Waals surface area contributed by atoms with E-state index in [0.717, 1.165) is 17.7 Å². The van der Waals surface area contributed by atoms with Gasteiger partial charge in [0.05, 0.1) is 0 Å². The van der Waals surface area contributed by atoms with Crippen molar-refractivity contribution in [2.24, 2.45) is 0 Å². The number of ether oxygens (including phenoxy) is 1. The number of anilines is 2. The first kappa shape index (κ1) is 16.0. The second-order valence-electron chi connectivity index (χ2n) is 5.11. The highest BCUT2D eigenvalue weighted by Crippen LogP contribution is 2.14. The van der Waals surface area contributed by atoms with Crippen LogP contribution < -0.4 is 15.8 Å². The molecule has 1 aromatic carbocycles. The van der Waals surface area contributed by atoms with Crippen LogP contribution in [0.4, 0.5) is 11.8 Å². The largest absolute Gasteiger partial charge is 0.491 e. The number of nitrogens with zero attached hydrogens (tertiary/aromatic N) is 2. The Balaban J connectivity index is 1.83. The standard InChI is InChI=1S/C16H22N4O2/c1-3-12-8-19-16(17)20-15(12)18-9-13(21)10-22-14-6-4-11(2)5-7-14/h4-8,13,21H,3,9-10H2,1-2H3,(H3,17,18,19,20)/t13-/m1/s1. The van der Waals surface area contributed by atoms with Gasteiger partial charge in [-0.15, -0.1) is 0 Å². The quantitative estimate of drug-likeness (QED) is 0.722. The summed E-state index contributed by atoms with van der Waals surface area (Å²) >= 11 is 0. The molecule has 0 spiro atoms. The third-order valence-electron chi connectivity index (χ3n) is 3.23. The van der Waals surface area contributed by atoms with Gasteiger partial charge in [-0.05, 0) is 25.5 Å². The van der Waals surface area contributed by atoms with Gasteiger partial charge in [0.25, 0.3) is 0 Å². The van der Waals surface area contributed by atoms with Gasteiger partial charge in [-0.2, -0.15) is 4.98 Å². The van der Waals surface area contributed by atoms with Crippen LogP contribution in [-0.4, -0.2) is 34.3 Å². The van der Waals surface area contributed by atoms with Gasteiger partial charge in [0.2, 0.25) is 5.95 Å². The second-order valence-corrected chi connectivity index (χ2v) is 5.11. The molecule has 0 saturated carbocycles. The van der Waals surface area contributed by atoms with E-state index in [2.05, 4.69) is 15.3 Å². The molecule has 0 aliphatic heterocycles. The minimum Gasteiger partial charge on any atom is -0.491 e. The van der Waals surface area contributed by atoms with Crippen molar-refractivity contribution in [2.45, 2.75) is 26.4 Å². The molecule has 1 atom stereocenters. The number of aliphatic hydroxyl groups is 1. The molecule has 1 heterocycles. The number of hydrogen-bond donors (Lipinski definition) is 3. The maximum atomic E-state index is 10.00. The molecule has 1 aromatic heterocycles. The van der Waals surface area contributed by atoms with Gasteiger partial charge in [-0.3, -0.25) is 0 Å². The van der Waals surface area contributed by atoms with Crippen LogP contribution in [-0.2, 0) is 6.42 Å². The number of aliphatic hydroxyl groups excluding tert-OH is 1. The first-order valence-corrected chi connectivity index (χ1v) is 7.31. The zero-order chi connectivity index (χ0) is 15.9. The number of nitrogens with two attached hydrogens (primary N) is 1. The maximum absolute atomic E-state index is 10.00. The zero-order valence-electron chi connectivity index (χ0n) is 12.9. The monoisotopic (exact) mass is 302 g/mol. The number of hydrogen-bond acceptors (Lipinski definition) is 6. The molecule has 2 rings (SSSR count). The average molecular weight is 302 g/mol. The molecule has 0 amide bonds. The Bertz CT molecular complexity index is 602. The van der Waals surface area contributed by atoms with Crippen LogP contribution in [0, 0.1) is 6.92 Å². The number of benzene rings is 1. The number of rotatable bonds is 7. The lowest BCUT2D eigenvalue weighted by Gasteiger charge is -2.15. The van der Waals surface area contributed by atoms with Crippen molar-refractivity contribution in [2.75, 3.05) is 24.2 Å². The average Bonchev–Trinajstić information content (AvgIpc) is 2.52. The van der Waals surface area contributed by atoms with E-state index < -0.39 is 6.10 Å².